The third-order valence-corrected chi connectivity index (χ3v) is 3.09. The molecule has 1 aromatic heterocycles. The van der Waals surface area contributed by atoms with Crippen LogP contribution >= 0.6 is 11.3 Å². The first-order valence-corrected chi connectivity index (χ1v) is 5.50. The highest BCUT2D eigenvalue weighted by molar-refractivity contribution is 7.13. The van der Waals surface area contributed by atoms with Gasteiger partial charge in [-0.2, -0.15) is 0 Å². The van der Waals surface area contributed by atoms with Gasteiger partial charge in [-0.1, -0.05) is 13.8 Å². The lowest BCUT2D eigenvalue weighted by Crippen LogP contribution is -2.21. The fraction of sp³-hybridized carbons (Fsp3) is 0.556. The molecule has 0 saturated heterocycles. The Kier molecular flexibility index (Phi) is 4.03. The highest BCUT2D eigenvalue weighted by atomic mass is 32.1. The molecule has 1 rings (SSSR count). The number of hydrogen-bond acceptors (Lipinski definition) is 4. The molecule has 78 valence electrons. The number of nitrogens with zero attached hydrogens (tertiary/aromatic N) is 2. The summed E-state index contributed by atoms with van der Waals surface area (Å²) in [5.74, 6) is 0.105. The van der Waals surface area contributed by atoms with Crippen molar-refractivity contribution in [2.75, 3.05) is 13.1 Å². The summed E-state index contributed by atoms with van der Waals surface area (Å²) in [5, 5.41) is 8.28. The molecule has 5 heteroatoms. The average molecular weight is 212 g/mol. The molecule has 0 amide bonds. The largest absolute Gasteiger partial charge is 0.383 e. The summed E-state index contributed by atoms with van der Waals surface area (Å²) in [5.41, 5.74) is 5.36. The minimum atomic E-state index is 0.105. The van der Waals surface area contributed by atoms with Crippen molar-refractivity contribution in [1.29, 1.82) is 5.41 Å². The molecule has 1 heterocycles. The van der Waals surface area contributed by atoms with Crippen LogP contribution in [0.2, 0.25) is 0 Å². The summed E-state index contributed by atoms with van der Waals surface area (Å²) < 4.78 is 0. The van der Waals surface area contributed by atoms with Crippen molar-refractivity contribution in [3.8, 4) is 0 Å². The zero-order valence-corrected chi connectivity index (χ0v) is 9.40. The van der Waals surface area contributed by atoms with Gasteiger partial charge >= 0.3 is 0 Å². The van der Waals surface area contributed by atoms with Crippen LogP contribution < -0.4 is 5.73 Å². The molecular weight excluding hydrogens is 196 g/mol. The number of hydrogen-bond donors (Lipinski definition) is 2. The second kappa shape index (κ2) is 5.07. The van der Waals surface area contributed by atoms with Crippen molar-refractivity contribution in [3.63, 3.8) is 0 Å². The number of nitrogens with two attached hydrogens (primary N) is 1. The summed E-state index contributed by atoms with van der Waals surface area (Å²) in [4.78, 5) is 7.27. The lowest BCUT2D eigenvalue weighted by Gasteiger charge is -2.15. The van der Waals surface area contributed by atoms with Gasteiger partial charge in [-0.25, -0.2) is 4.98 Å². The second-order valence-corrected chi connectivity index (χ2v) is 4.11. The van der Waals surface area contributed by atoms with Crippen molar-refractivity contribution in [3.05, 3.63) is 16.1 Å². The molecule has 14 heavy (non-hydrogen) atoms. The molecule has 0 aliphatic carbocycles. The van der Waals surface area contributed by atoms with Gasteiger partial charge < -0.3 is 5.73 Å². The first kappa shape index (κ1) is 11.1. The Morgan fingerprint density at radius 1 is 1.57 bits per heavy atom. The summed E-state index contributed by atoms with van der Waals surface area (Å²) in [6.07, 6.45) is 1.67. The molecule has 0 aliphatic heterocycles. The van der Waals surface area contributed by atoms with Gasteiger partial charge in [-0.15, -0.1) is 11.3 Å². The van der Waals surface area contributed by atoms with Gasteiger partial charge in [0.1, 0.15) is 10.8 Å². The van der Waals surface area contributed by atoms with Crippen LogP contribution in [0.3, 0.4) is 0 Å². The molecule has 4 nitrogen and oxygen atoms in total. The molecule has 0 bridgehead atoms. The van der Waals surface area contributed by atoms with E-state index in [1.54, 1.807) is 6.20 Å². The molecular formula is C9H16N4S. The molecule has 1 aromatic rings. The van der Waals surface area contributed by atoms with E-state index in [-0.39, 0.29) is 5.84 Å². The summed E-state index contributed by atoms with van der Waals surface area (Å²) in [6, 6.07) is 0. The zero-order chi connectivity index (χ0) is 10.6. The second-order valence-electron chi connectivity index (χ2n) is 2.99. The van der Waals surface area contributed by atoms with Crippen LogP contribution in [0.1, 0.15) is 23.7 Å². The van der Waals surface area contributed by atoms with Gasteiger partial charge in [-0.3, -0.25) is 10.3 Å². The normalized spacial score (nSPS) is 10.8. The van der Waals surface area contributed by atoms with Crippen LogP contribution in [-0.4, -0.2) is 28.8 Å². The average Bonchev–Trinajstić information content (AvgIpc) is 2.62. The van der Waals surface area contributed by atoms with E-state index in [9.17, 15) is 0 Å². The Morgan fingerprint density at radius 2 is 2.21 bits per heavy atom. The maximum atomic E-state index is 7.26. The van der Waals surface area contributed by atoms with Crippen LogP contribution in [0.25, 0.3) is 0 Å². The van der Waals surface area contributed by atoms with E-state index in [2.05, 4.69) is 23.7 Å². The molecule has 3 N–H and O–H groups in total. The Balaban J connectivity index is 2.63. The predicted octanol–water partition coefficient (Wildman–Crippen LogP) is 1.27. The maximum absolute atomic E-state index is 7.26. The van der Waals surface area contributed by atoms with Gasteiger partial charge in [0, 0.05) is 6.20 Å². The van der Waals surface area contributed by atoms with Crippen molar-refractivity contribution in [2.24, 2.45) is 5.73 Å². The molecule has 0 saturated carbocycles. The molecule has 0 spiro atoms. The Labute approximate surface area is 88.3 Å². The first-order valence-electron chi connectivity index (χ1n) is 4.68. The van der Waals surface area contributed by atoms with E-state index in [1.165, 1.54) is 11.3 Å². The first-order chi connectivity index (χ1) is 6.67. The fourth-order valence-corrected chi connectivity index (χ4v) is 1.97. The third kappa shape index (κ3) is 2.78. The number of amidine groups is 1. The lowest BCUT2D eigenvalue weighted by atomic mass is 10.5. The van der Waals surface area contributed by atoms with Gasteiger partial charge in [0.15, 0.2) is 0 Å². The van der Waals surface area contributed by atoms with E-state index in [4.69, 9.17) is 11.1 Å². The number of nitrogen functional groups attached to an aromatic ring is 1. The summed E-state index contributed by atoms with van der Waals surface area (Å²) in [6.45, 7) is 7.15. The quantitative estimate of drug-likeness (QED) is 0.570. The van der Waals surface area contributed by atoms with Gasteiger partial charge in [0.05, 0.1) is 11.4 Å². The number of nitrogens with one attached hydrogen (secondary N) is 1. The van der Waals surface area contributed by atoms with Crippen LogP contribution in [0.15, 0.2) is 6.20 Å². The Bertz CT molecular complexity index is 304. The van der Waals surface area contributed by atoms with Crippen LogP contribution in [0, 0.1) is 5.41 Å². The number of thiazole rings is 1. The Morgan fingerprint density at radius 3 is 2.64 bits per heavy atom. The summed E-state index contributed by atoms with van der Waals surface area (Å²) in [7, 11) is 0. The zero-order valence-electron chi connectivity index (χ0n) is 8.58. The van der Waals surface area contributed by atoms with E-state index in [0.29, 0.717) is 0 Å². The molecule has 0 unspecified atom stereocenters. The van der Waals surface area contributed by atoms with Crippen molar-refractivity contribution >= 4 is 17.2 Å². The fourth-order valence-electron chi connectivity index (χ4n) is 1.15. The van der Waals surface area contributed by atoms with Crippen molar-refractivity contribution in [1.82, 2.24) is 9.88 Å². The van der Waals surface area contributed by atoms with E-state index >= 15 is 0 Å². The maximum Gasteiger partial charge on any atom is 0.134 e. The number of rotatable bonds is 5. The molecule has 0 fully saturated rings. The SMILES string of the molecule is CCN(CC)Cc1ncc(C(=N)N)s1. The molecule has 0 aliphatic rings. The third-order valence-electron chi connectivity index (χ3n) is 2.07. The van der Waals surface area contributed by atoms with E-state index < -0.39 is 0 Å². The van der Waals surface area contributed by atoms with Gasteiger partial charge in [-0.05, 0) is 13.1 Å². The highest BCUT2D eigenvalue weighted by Crippen LogP contribution is 2.13. The van der Waals surface area contributed by atoms with E-state index in [1.807, 2.05) is 0 Å². The van der Waals surface area contributed by atoms with Crippen LogP contribution in [0.5, 0.6) is 0 Å². The topological polar surface area (TPSA) is 66.0 Å². The molecule has 0 radical (unpaired) electrons. The smallest absolute Gasteiger partial charge is 0.134 e. The van der Waals surface area contributed by atoms with Crippen molar-refractivity contribution in [2.45, 2.75) is 20.4 Å². The van der Waals surface area contributed by atoms with Crippen molar-refractivity contribution < 1.29 is 0 Å². The number of aromatic nitrogens is 1. The standard InChI is InChI=1S/C9H16N4S/c1-3-13(4-2)6-8-12-5-7(14-8)9(10)11/h5H,3-4,6H2,1-2H3,(H3,10,11). The van der Waals surface area contributed by atoms with Crippen LogP contribution in [0.4, 0.5) is 0 Å². The van der Waals surface area contributed by atoms with Gasteiger partial charge in [0.2, 0.25) is 0 Å². The monoisotopic (exact) mass is 212 g/mol. The minimum Gasteiger partial charge on any atom is -0.383 e. The molecule has 0 aromatic carbocycles. The minimum absolute atomic E-state index is 0.105. The Hall–Kier alpha value is -0.940. The highest BCUT2D eigenvalue weighted by Gasteiger charge is 2.07. The van der Waals surface area contributed by atoms with E-state index in [0.717, 1.165) is 29.5 Å². The summed E-state index contributed by atoms with van der Waals surface area (Å²) >= 11 is 1.50. The lowest BCUT2D eigenvalue weighted by molar-refractivity contribution is 0.295. The molecule has 0 atom stereocenters. The van der Waals surface area contributed by atoms with Crippen LogP contribution in [-0.2, 0) is 6.54 Å². The predicted molar refractivity (Wildman–Crippen MR) is 59.8 cm³/mol. The van der Waals surface area contributed by atoms with Gasteiger partial charge in [0.25, 0.3) is 0 Å².